The molecular formula is C14H28N2S. The second-order valence-corrected chi connectivity index (χ2v) is 7.02. The third-order valence-corrected chi connectivity index (χ3v) is 5.49. The standard InChI is InChI=1S/C14H28N2S/c1-4-17-11-13(3)16-10-14-7-5-6-8-15(14)9-12(16)2/h12-14H,4-11H2,1-3H3. The Morgan fingerprint density at radius 3 is 2.88 bits per heavy atom. The van der Waals surface area contributed by atoms with E-state index in [4.69, 9.17) is 0 Å². The molecule has 2 nitrogen and oxygen atoms in total. The van der Waals surface area contributed by atoms with Crippen molar-refractivity contribution in [2.75, 3.05) is 31.1 Å². The largest absolute Gasteiger partial charge is 0.298 e. The molecule has 0 bridgehead atoms. The number of hydrogen-bond acceptors (Lipinski definition) is 3. The maximum Gasteiger partial charge on any atom is 0.0224 e. The Hall–Kier alpha value is 0.270. The van der Waals surface area contributed by atoms with E-state index in [0.717, 1.165) is 18.1 Å². The van der Waals surface area contributed by atoms with E-state index in [2.05, 4.69) is 42.3 Å². The van der Waals surface area contributed by atoms with Gasteiger partial charge in [-0.05, 0) is 39.0 Å². The molecule has 2 rings (SSSR count). The zero-order valence-electron chi connectivity index (χ0n) is 11.7. The monoisotopic (exact) mass is 256 g/mol. The van der Waals surface area contributed by atoms with Crippen LogP contribution in [0.2, 0.25) is 0 Å². The Bertz CT molecular complexity index is 230. The van der Waals surface area contributed by atoms with Crippen molar-refractivity contribution in [2.45, 2.75) is 58.2 Å². The lowest BCUT2D eigenvalue weighted by Crippen LogP contribution is -2.61. The minimum atomic E-state index is 0.747. The Morgan fingerprint density at radius 2 is 2.12 bits per heavy atom. The van der Waals surface area contributed by atoms with Gasteiger partial charge in [0.05, 0.1) is 0 Å². The average molecular weight is 256 g/mol. The highest BCUT2D eigenvalue weighted by atomic mass is 32.2. The molecule has 0 radical (unpaired) electrons. The van der Waals surface area contributed by atoms with Gasteiger partial charge in [0.1, 0.15) is 0 Å². The number of rotatable bonds is 4. The number of thioether (sulfide) groups is 1. The van der Waals surface area contributed by atoms with E-state index in [9.17, 15) is 0 Å². The highest BCUT2D eigenvalue weighted by molar-refractivity contribution is 7.99. The lowest BCUT2D eigenvalue weighted by atomic mass is 9.96. The summed E-state index contributed by atoms with van der Waals surface area (Å²) in [6.45, 7) is 11.1. The Morgan fingerprint density at radius 1 is 1.29 bits per heavy atom. The first-order chi connectivity index (χ1) is 8.22. The highest BCUT2D eigenvalue weighted by Gasteiger charge is 2.34. The van der Waals surface area contributed by atoms with Crippen molar-refractivity contribution in [2.24, 2.45) is 0 Å². The normalized spacial score (nSPS) is 33.4. The number of piperazine rings is 1. The molecule has 100 valence electrons. The molecule has 2 aliphatic heterocycles. The molecule has 0 aromatic carbocycles. The van der Waals surface area contributed by atoms with Crippen LogP contribution in [0.3, 0.4) is 0 Å². The van der Waals surface area contributed by atoms with E-state index in [1.165, 1.54) is 50.4 Å². The summed E-state index contributed by atoms with van der Waals surface area (Å²) in [5, 5.41) is 0. The molecule has 0 amide bonds. The summed E-state index contributed by atoms with van der Waals surface area (Å²) in [6.07, 6.45) is 4.29. The second-order valence-electron chi connectivity index (χ2n) is 5.70. The highest BCUT2D eigenvalue weighted by Crippen LogP contribution is 2.26. The van der Waals surface area contributed by atoms with Crippen LogP contribution in [0.25, 0.3) is 0 Å². The minimum absolute atomic E-state index is 0.747. The Kier molecular flexibility index (Phi) is 5.19. The molecule has 0 saturated carbocycles. The van der Waals surface area contributed by atoms with Crippen molar-refractivity contribution in [3.8, 4) is 0 Å². The van der Waals surface area contributed by atoms with E-state index in [1.807, 2.05) is 0 Å². The van der Waals surface area contributed by atoms with Crippen molar-refractivity contribution >= 4 is 11.8 Å². The smallest absolute Gasteiger partial charge is 0.0224 e. The molecule has 0 aromatic rings. The SMILES string of the molecule is CCSCC(C)N1CC2CCCCN2CC1C. The molecule has 2 heterocycles. The number of hydrogen-bond donors (Lipinski definition) is 0. The van der Waals surface area contributed by atoms with Gasteiger partial charge in [0, 0.05) is 37.0 Å². The summed E-state index contributed by atoms with van der Waals surface area (Å²) in [4.78, 5) is 5.50. The molecule has 3 unspecified atom stereocenters. The van der Waals surface area contributed by atoms with E-state index in [1.54, 1.807) is 0 Å². The zero-order valence-corrected chi connectivity index (χ0v) is 12.5. The molecule has 17 heavy (non-hydrogen) atoms. The van der Waals surface area contributed by atoms with Crippen LogP contribution in [0, 0.1) is 0 Å². The van der Waals surface area contributed by atoms with Crippen molar-refractivity contribution in [1.82, 2.24) is 9.80 Å². The maximum absolute atomic E-state index is 2.76. The predicted octanol–water partition coefficient (Wildman–Crippen LogP) is 2.69. The van der Waals surface area contributed by atoms with Gasteiger partial charge in [-0.1, -0.05) is 13.3 Å². The predicted molar refractivity (Wildman–Crippen MR) is 77.8 cm³/mol. The van der Waals surface area contributed by atoms with E-state index >= 15 is 0 Å². The van der Waals surface area contributed by atoms with Gasteiger partial charge in [-0.15, -0.1) is 0 Å². The van der Waals surface area contributed by atoms with Crippen LogP contribution in [0.5, 0.6) is 0 Å². The van der Waals surface area contributed by atoms with Gasteiger partial charge >= 0.3 is 0 Å². The van der Waals surface area contributed by atoms with Crippen molar-refractivity contribution in [3.05, 3.63) is 0 Å². The molecule has 0 aliphatic carbocycles. The van der Waals surface area contributed by atoms with Gasteiger partial charge in [0.2, 0.25) is 0 Å². The van der Waals surface area contributed by atoms with Gasteiger partial charge in [-0.25, -0.2) is 0 Å². The lowest BCUT2D eigenvalue weighted by Gasteiger charge is -2.49. The van der Waals surface area contributed by atoms with Gasteiger partial charge in [0.15, 0.2) is 0 Å². The Balaban J connectivity index is 1.89. The van der Waals surface area contributed by atoms with E-state index in [0.29, 0.717) is 0 Å². The molecule has 2 saturated heterocycles. The van der Waals surface area contributed by atoms with Crippen LogP contribution in [0.1, 0.15) is 40.0 Å². The summed E-state index contributed by atoms with van der Waals surface area (Å²) in [7, 11) is 0. The molecule has 2 fully saturated rings. The maximum atomic E-state index is 2.76. The minimum Gasteiger partial charge on any atom is -0.298 e. The van der Waals surface area contributed by atoms with Crippen LogP contribution >= 0.6 is 11.8 Å². The fourth-order valence-electron chi connectivity index (χ4n) is 3.37. The van der Waals surface area contributed by atoms with Crippen LogP contribution in [-0.4, -0.2) is 59.1 Å². The van der Waals surface area contributed by atoms with Gasteiger partial charge < -0.3 is 0 Å². The summed E-state index contributed by atoms with van der Waals surface area (Å²) >= 11 is 2.09. The third-order valence-electron chi connectivity index (χ3n) is 4.36. The van der Waals surface area contributed by atoms with Gasteiger partial charge in [-0.3, -0.25) is 9.80 Å². The van der Waals surface area contributed by atoms with Crippen LogP contribution in [0.4, 0.5) is 0 Å². The lowest BCUT2D eigenvalue weighted by molar-refractivity contribution is 0.000709. The summed E-state index contributed by atoms with van der Waals surface area (Å²) in [5.74, 6) is 2.55. The number of fused-ring (bicyclic) bond motifs is 1. The number of piperidine rings is 1. The van der Waals surface area contributed by atoms with Crippen LogP contribution in [0.15, 0.2) is 0 Å². The average Bonchev–Trinajstić information content (AvgIpc) is 2.35. The Labute approximate surface area is 111 Å². The summed E-state index contributed by atoms with van der Waals surface area (Å²) in [5.41, 5.74) is 0. The van der Waals surface area contributed by atoms with Crippen LogP contribution in [-0.2, 0) is 0 Å². The first kappa shape index (κ1) is 13.7. The first-order valence-electron chi connectivity index (χ1n) is 7.30. The molecule has 3 atom stereocenters. The fraction of sp³-hybridized carbons (Fsp3) is 1.00. The quantitative estimate of drug-likeness (QED) is 0.763. The summed E-state index contributed by atoms with van der Waals surface area (Å²) in [6, 6.07) is 2.35. The van der Waals surface area contributed by atoms with Gasteiger partial charge in [-0.2, -0.15) is 11.8 Å². The molecule has 2 aliphatic rings. The summed E-state index contributed by atoms with van der Waals surface area (Å²) < 4.78 is 0. The first-order valence-corrected chi connectivity index (χ1v) is 8.45. The van der Waals surface area contributed by atoms with Crippen molar-refractivity contribution in [1.29, 1.82) is 0 Å². The van der Waals surface area contributed by atoms with Gasteiger partial charge in [0.25, 0.3) is 0 Å². The third kappa shape index (κ3) is 3.39. The van der Waals surface area contributed by atoms with Crippen molar-refractivity contribution in [3.63, 3.8) is 0 Å². The molecule has 0 N–H and O–H groups in total. The van der Waals surface area contributed by atoms with E-state index in [-0.39, 0.29) is 0 Å². The molecule has 0 aromatic heterocycles. The molecule has 3 heteroatoms. The molecular weight excluding hydrogens is 228 g/mol. The van der Waals surface area contributed by atoms with Crippen LogP contribution < -0.4 is 0 Å². The topological polar surface area (TPSA) is 6.48 Å². The van der Waals surface area contributed by atoms with Crippen molar-refractivity contribution < 1.29 is 0 Å². The zero-order chi connectivity index (χ0) is 12.3. The fourth-order valence-corrected chi connectivity index (χ4v) is 4.14. The van der Waals surface area contributed by atoms with E-state index < -0.39 is 0 Å². The molecule has 0 spiro atoms. The second kappa shape index (κ2) is 6.44. The number of nitrogens with zero attached hydrogens (tertiary/aromatic N) is 2.